The Morgan fingerprint density at radius 1 is 0.974 bits per heavy atom. The lowest BCUT2D eigenvalue weighted by Gasteiger charge is -2.25. The Bertz CT molecular complexity index is 1500. The average Bonchev–Trinajstić information content (AvgIpc) is 2.95. The second kappa shape index (κ2) is 12.5. The number of aromatic nitrogens is 2. The van der Waals surface area contributed by atoms with Crippen molar-refractivity contribution in [2.45, 2.75) is 53.2 Å². The summed E-state index contributed by atoms with van der Waals surface area (Å²) in [4.78, 5) is 47.8. The molecular weight excluding hydrogens is 494 g/mol. The number of benzene rings is 2. The van der Waals surface area contributed by atoms with Gasteiger partial charge in [-0.2, -0.15) is 0 Å². The standard InChI is InChI=1S/C31H33N3O5/c1-5-7-16-34(30-25(17-32-19-33-30)31(37)38-6-2)18-21-12-14-22(15-13-21)23-10-8-9-11-24(23)26-27(35)28(36)29(26)39-20(3)4/h8-15,17,19-20H,5-7,16,18H2,1-4H3. The van der Waals surface area contributed by atoms with Crippen LogP contribution in [0.4, 0.5) is 5.82 Å². The second-order valence-corrected chi connectivity index (χ2v) is 9.53. The van der Waals surface area contributed by atoms with E-state index in [0.717, 1.165) is 29.5 Å². The van der Waals surface area contributed by atoms with E-state index in [0.29, 0.717) is 35.6 Å². The highest BCUT2D eigenvalue weighted by molar-refractivity contribution is 5.94. The lowest BCUT2D eigenvalue weighted by atomic mass is 9.91. The first kappa shape index (κ1) is 27.7. The third-order valence-corrected chi connectivity index (χ3v) is 6.32. The number of hydrogen-bond acceptors (Lipinski definition) is 8. The van der Waals surface area contributed by atoms with Gasteiger partial charge in [0.25, 0.3) is 5.43 Å². The zero-order valence-electron chi connectivity index (χ0n) is 22.8. The van der Waals surface area contributed by atoms with Gasteiger partial charge >= 0.3 is 5.97 Å². The number of esters is 1. The van der Waals surface area contributed by atoms with Crippen molar-refractivity contribution < 1.29 is 14.3 Å². The van der Waals surface area contributed by atoms with Crippen molar-refractivity contribution in [1.29, 1.82) is 0 Å². The Hall–Kier alpha value is -4.33. The fraction of sp³-hybridized carbons (Fsp3) is 0.323. The van der Waals surface area contributed by atoms with E-state index in [9.17, 15) is 14.4 Å². The van der Waals surface area contributed by atoms with Crippen LogP contribution in [0.15, 0.2) is 70.6 Å². The van der Waals surface area contributed by atoms with Crippen molar-refractivity contribution in [3.8, 4) is 28.0 Å². The molecule has 4 rings (SSSR count). The largest absolute Gasteiger partial charge is 0.486 e. The van der Waals surface area contributed by atoms with E-state index < -0.39 is 16.8 Å². The van der Waals surface area contributed by atoms with Gasteiger partial charge in [0, 0.05) is 19.3 Å². The Morgan fingerprint density at radius 3 is 2.36 bits per heavy atom. The average molecular weight is 528 g/mol. The van der Waals surface area contributed by atoms with E-state index in [-0.39, 0.29) is 18.5 Å². The number of anilines is 1. The van der Waals surface area contributed by atoms with Gasteiger partial charge in [0.1, 0.15) is 17.7 Å². The molecule has 0 fully saturated rings. The van der Waals surface area contributed by atoms with Gasteiger partial charge in [-0.3, -0.25) is 9.59 Å². The van der Waals surface area contributed by atoms with E-state index in [1.165, 1.54) is 12.5 Å². The number of carbonyl (C=O) groups excluding carboxylic acids is 1. The van der Waals surface area contributed by atoms with Crippen LogP contribution in [0, 0.1) is 0 Å². The molecule has 0 spiro atoms. The van der Waals surface area contributed by atoms with Crippen molar-refractivity contribution in [3.63, 3.8) is 0 Å². The molecule has 0 atom stereocenters. The summed E-state index contributed by atoms with van der Waals surface area (Å²) >= 11 is 0. The molecule has 0 amide bonds. The molecule has 202 valence electrons. The predicted octanol–water partition coefficient (Wildman–Crippen LogP) is 5.18. The van der Waals surface area contributed by atoms with Gasteiger partial charge in [0.05, 0.1) is 18.3 Å². The van der Waals surface area contributed by atoms with Crippen LogP contribution in [0.1, 0.15) is 56.5 Å². The molecule has 1 heterocycles. The first-order chi connectivity index (χ1) is 18.8. The van der Waals surface area contributed by atoms with Crippen LogP contribution < -0.4 is 20.5 Å². The topological polar surface area (TPSA) is 98.7 Å². The Morgan fingerprint density at radius 2 is 1.69 bits per heavy atom. The predicted molar refractivity (Wildman–Crippen MR) is 152 cm³/mol. The third-order valence-electron chi connectivity index (χ3n) is 6.32. The highest BCUT2D eigenvalue weighted by Gasteiger charge is 2.26. The SMILES string of the molecule is CCCCN(Cc1ccc(-c2ccccc2-c2c(OC(C)C)c(=O)c2=O)cc1)c1ncncc1C(=O)OCC. The number of rotatable bonds is 12. The summed E-state index contributed by atoms with van der Waals surface area (Å²) in [7, 11) is 0. The molecule has 0 aliphatic carbocycles. The van der Waals surface area contributed by atoms with Crippen molar-refractivity contribution in [2.24, 2.45) is 0 Å². The first-order valence-corrected chi connectivity index (χ1v) is 13.3. The normalized spacial score (nSPS) is 11.1. The highest BCUT2D eigenvalue weighted by Crippen LogP contribution is 2.35. The minimum atomic E-state index is -0.581. The number of ether oxygens (including phenoxy) is 2. The molecule has 1 aromatic heterocycles. The summed E-state index contributed by atoms with van der Waals surface area (Å²) in [6, 6.07) is 15.5. The van der Waals surface area contributed by atoms with Gasteiger partial charge in [0.15, 0.2) is 5.75 Å². The third kappa shape index (κ3) is 6.06. The van der Waals surface area contributed by atoms with E-state index in [1.807, 2.05) is 62.4 Å². The Balaban J connectivity index is 1.64. The van der Waals surface area contributed by atoms with Gasteiger partial charge in [0.2, 0.25) is 5.43 Å². The molecule has 0 aliphatic rings. The molecule has 8 nitrogen and oxygen atoms in total. The van der Waals surface area contributed by atoms with Gasteiger partial charge in [-0.25, -0.2) is 14.8 Å². The van der Waals surface area contributed by atoms with Gasteiger partial charge < -0.3 is 14.4 Å². The van der Waals surface area contributed by atoms with Crippen LogP contribution in [0.5, 0.6) is 5.75 Å². The lowest BCUT2D eigenvalue weighted by molar-refractivity contribution is 0.0526. The smallest absolute Gasteiger partial charge is 0.343 e. The number of carbonyl (C=O) groups is 1. The molecule has 0 unspecified atom stereocenters. The van der Waals surface area contributed by atoms with Crippen molar-refractivity contribution >= 4 is 11.8 Å². The quantitative estimate of drug-likeness (QED) is 0.184. The first-order valence-electron chi connectivity index (χ1n) is 13.3. The zero-order chi connectivity index (χ0) is 27.9. The molecule has 8 heteroatoms. The van der Waals surface area contributed by atoms with E-state index in [4.69, 9.17) is 9.47 Å². The monoisotopic (exact) mass is 527 g/mol. The minimum Gasteiger partial charge on any atom is -0.486 e. The summed E-state index contributed by atoms with van der Waals surface area (Å²) in [6.45, 7) is 9.06. The van der Waals surface area contributed by atoms with Crippen LogP contribution >= 0.6 is 0 Å². The van der Waals surface area contributed by atoms with Crippen LogP contribution in [-0.4, -0.2) is 35.2 Å². The zero-order valence-corrected chi connectivity index (χ0v) is 22.8. The maximum atomic E-state index is 12.6. The Labute approximate surface area is 228 Å². The molecule has 0 radical (unpaired) electrons. The second-order valence-electron chi connectivity index (χ2n) is 9.53. The number of hydrogen-bond donors (Lipinski definition) is 0. The highest BCUT2D eigenvalue weighted by atomic mass is 16.5. The molecule has 0 bridgehead atoms. The summed E-state index contributed by atoms with van der Waals surface area (Å²) in [6.07, 6.45) is 4.65. The van der Waals surface area contributed by atoms with Crippen LogP contribution in [-0.2, 0) is 11.3 Å². The van der Waals surface area contributed by atoms with Crippen LogP contribution in [0.25, 0.3) is 22.3 Å². The fourth-order valence-electron chi connectivity index (χ4n) is 4.46. The summed E-state index contributed by atoms with van der Waals surface area (Å²) < 4.78 is 10.9. The van der Waals surface area contributed by atoms with Gasteiger partial charge in [-0.15, -0.1) is 0 Å². The summed E-state index contributed by atoms with van der Waals surface area (Å²) in [5.41, 5.74) is 3.02. The van der Waals surface area contributed by atoms with Crippen molar-refractivity contribution in [3.05, 3.63) is 92.6 Å². The number of unbranched alkanes of at least 4 members (excludes halogenated alkanes) is 1. The van der Waals surface area contributed by atoms with E-state index >= 15 is 0 Å². The molecule has 3 aromatic carbocycles. The maximum absolute atomic E-state index is 12.6. The molecule has 4 aromatic rings. The molecule has 0 saturated heterocycles. The summed E-state index contributed by atoms with van der Waals surface area (Å²) in [5.74, 6) is 0.234. The summed E-state index contributed by atoms with van der Waals surface area (Å²) in [5, 5.41) is 0. The van der Waals surface area contributed by atoms with E-state index in [1.54, 1.807) is 6.92 Å². The van der Waals surface area contributed by atoms with Gasteiger partial charge in [-0.1, -0.05) is 61.9 Å². The lowest BCUT2D eigenvalue weighted by Crippen LogP contribution is -2.35. The van der Waals surface area contributed by atoms with Gasteiger partial charge in [-0.05, 0) is 49.4 Å². The Kier molecular flexibility index (Phi) is 8.86. The molecule has 0 aliphatic heterocycles. The number of nitrogens with zero attached hydrogens (tertiary/aromatic N) is 3. The van der Waals surface area contributed by atoms with Crippen LogP contribution in [0.3, 0.4) is 0 Å². The minimum absolute atomic E-state index is 0.132. The maximum Gasteiger partial charge on any atom is 0.343 e. The molecule has 39 heavy (non-hydrogen) atoms. The van der Waals surface area contributed by atoms with Crippen molar-refractivity contribution in [1.82, 2.24) is 9.97 Å². The van der Waals surface area contributed by atoms with Crippen molar-refractivity contribution in [2.75, 3.05) is 18.1 Å². The molecular formula is C31H33N3O5. The molecule has 0 N–H and O–H groups in total. The fourth-order valence-corrected chi connectivity index (χ4v) is 4.46. The molecule has 0 saturated carbocycles. The van der Waals surface area contributed by atoms with E-state index in [2.05, 4.69) is 21.8 Å². The van der Waals surface area contributed by atoms with Crippen LogP contribution in [0.2, 0.25) is 0 Å².